The lowest BCUT2D eigenvalue weighted by atomic mass is 10.1. The highest BCUT2D eigenvalue weighted by atomic mass is 16.3. The molecule has 0 spiro atoms. The van der Waals surface area contributed by atoms with Gasteiger partial charge >= 0.3 is 0 Å². The van der Waals surface area contributed by atoms with Crippen molar-refractivity contribution in [3.8, 4) is 5.75 Å². The number of benzene rings is 1. The van der Waals surface area contributed by atoms with Crippen LogP contribution in [-0.2, 0) is 13.6 Å². The molecule has 0 aliphatic rings. The molecule has 0 aliphatic carbocycles. The van der Waals surface area contributed by atoms with Crippen LogP contribution >= 0.6 is 0 Å². The minimum absolute atomic E-state index is 0.329. The molecular formula is C13H18N4O. The second-order valence-corrected chi connectivity index (χ2v) is 4.52. The van der Waals surface area contributed by atoms with E-state index in [2.05, 4.69) is 10.2 Å². The zero-order valence-electron chi connectivity index (χ0n) is 11.2. The summed E-state index contributed by atoms with van der Waals surface area (Å²) >= 11 is 0. The maximum Gasteiger partial charge on any atom is 0.227 e. The molecule has 1 N–H and O–H groups in total. The van der Waals surface area contributed by atoms with E-state index in [-0.39, 0.29) is 0 Å². The monoisotopic (exact) mass is 246 g/mol. The van der Waals surface area contributed by atoms with Gasteiger partial charge in [-0.1, -0.05) is 12.1 Å². The Morgan fingerprint density at radius 3 is 2.61 bits per heavy atom. The molecule has 1 heterocycles. The van der Waals surface area contributed by atoms with Crippen LogP contribution in [0.4, 0.5) is 5.95 Å². The summed E-state index contributed by atoms with van der Waals surface area (Å²) in [7, 11) is 3.91. The summed E-state index contributed by atoms with van der Waals surface area (Å²) in [6.07, 6.45) is 0. The first-order chi connectivity index (χ1) is 8.50. The van der Waals surface area contributed by atoms with E-state index in [1.807, 2.05) is 49.5 Å². The first-order valence-electron chi connectivity index (χ1n) is 5.85. The van der Waals surface area contributed by atoms with E-state index in [4.69, 9.17) is 0 Å². The Morgan fingerprint density at radius 1 is 1.28 bits per heavy atom. The molecule has 0 amide bonds. The summed E-state index contributed by atoms with van der Waals surface area (Å²) in [6.45, 7) is 4.52. The van der Waals surface area contributed by atoms with E-state index in [1.54, 1.807) is 6.07 Å². The Bertz CT molecular complexity index is 562. The summed E-state index contributed by atoms with van der Waals surface area (Å²) in [6, 6.07) is 5.56. The van der Waals surface area contributed by atoms with Gasteiger partial charge in [0.2, 0.25) is 5.95 Å². The molecule has 0 atom stereocenters. The third kappa shape index (κ3) is 2.16. The first kappa shape index (κ1) is 12.4. The Balaban J connectivity index is 2.24. The molecule has 0 aliphatic heterocycles. The SMILES string of the molecule is Cc1c(O)cccc1CN(C)c1nnc(C)n1C. The first-order valence-corrected chi connectivity index (χ1v) is 5.85. The van der Waals surface area contributed by atoms with Crippen molar-refractivity contribution in [1.29, 1.82) is 0 Å². The highest BCUT2D eigenvalue weighted by molar-refractivity contribution is 5.41. The van der Waals surface area contributed by atoms with Crippen molar-refractivity contribution in [2.45, 2.75) is 20.4 Å². The minimum atomic E-state index is 0.329. The van der Waals surface area contributed by atoms with Gasteiger partial charge in [-0.05, 0) is 31.0 Å². The highest BCUT2D eigenvalue weighted by Gasteiger charge is 2.12. The third-order valence-electron chi connectivity index (χ3n) is 3.24. The molecule has 96 valence electrons. The fraction of sp³-hybridized carbons (Fsp3) is 0.385. The molecule has 0 saturated heterocycles. The third-order valence-corrected chi connectivity index (χ3v) is 3.24. The van der Waals surface area contributed by atoms with Crippen LogP contribution in [0.1, 0.15) is 17.0 Å². The van der Waals surface area contributed by atoms with E-state index in [1.165, 1.54) is 0 Å². The number of nitrogens with zero attached hydrogens (tertiary/aromatic N) is 4. The van der Waals surface area contributed by atoms with Gasteiger partial charge in [0, 0.05) is 20.6 Å². The van der Waals surface area contributed by atoms with E-state index in [0.717, 1.165) is 22.9 Å². The fourth-order valence-electron chi connectivity index (χ4n) is 1.90. The van der Waals surface area contributed by atoms with Gasteiger partial charge < -0.3 is 14.6 Å². The zero-order chi connectivity index (χ0) is 13.3. The summed E-state index contributed by atoms with van der Waals surface area (Å²) in [5.74, 6) is 2.02. The average molecular weight is 246 g/mol. The number of aryl methyl sites for hydroxylation is 1. The number of aromatic nitrogens is 3. The van der Waals surface area contributed by atoms with Crippen LogP contribution < -0.4 is 4.90 Å². The number of hydrogen-bond acceptors (Lipinski definition) is 4. The van der Waals surface area contributed by atoms with Crippen LogP contribution in [0.5, 0.6) is 5.75 Å². The molecule has 0 radical (unpaired) electrons. The van der Waals surface area contributed by atoms with Crippen LogP contribution in [0.3, 0.4) is 0 Å². The zero-order valence-corrected chi connectivity index (χ0v) is 11.2. The predicted molar refractivity (Wildman–Crippen MR) is 70.7 cm³/mol. The number of rotatable bonds is 3. The largest absolute Gasteiger partial charge is 0.508 e. The number of aromatic hydroxyl groups is 1. The number of phenolic OH excluding ortho intramolecular Hbond substituents is 1. The van der Waals surface area contributed by atoms with Crippen molar-refractivity contribution in [2.24, 2.45) is 7.05 Å². The van der Waals surface area contributed by atoms with Gasteiger partial charge in [-0.15, -0.1) is 10.2 Å². The topological polar surface area (TPSA) is 54.2 Å². The second kappa shape index (κ2) is 4.68. The Kier molecular flexibility index (Phi) is 3.23. The van der Waals surface area contributed by atoms with E-state index in [0.29, 0.717) is 12.3 Å². The van der Waals surface area contributed by atoms with Crippen molar-refractivity contribution in [2.75, 3.05) is 11.9 Å². The quantitative estimate of drug-likeness (QED) is 0.896. The van der Waals surface area contributed by atoms with Gasteiger partial charge in [-0.2, -0.15) is 0 Å². The van der Waals surface area contributed by atoms with Crippen molar-refractivity contribution < 1.29 is 5.11 Å². The summed E-state index contributed by atoms with van der Waals surface area (Å²) in [5.41, 5.74) is 1.99. The van der Waals surface area contributed by atoms with E-state index >= 15 is 0 Å². The van der Waals surface area contributed by atoms with Gasteiger partial charge in [0.25, 0.3) is 0 Å². The van der Waals surface area contributed by atoms with Gasteiger partial charge in [-0.25, -0.2) is 0 Å². The summed E-state index contributed by atoms with van der Waals surface area (Å²) < 4.78 is 1.94. The molecule has 1 aromatic carbocycles. The molecule has 0 unspecified atom stereocenters. The van der Waals surface area contributed by atoms with Crippen molar-refractivity contribution in [3.63, 3.8) is 0 Å². The second-order valence-electron chi connectivity index (χ2n) is 4.52. The van der Waals surface area contributed by atoms with Crippen LogP contribution in [-0.4, -0.2) is 26.9 Å². The molecule has 2 aromatic rings. The lowest BCUT2D eigenvalue weighted by Gasteiger charge is -2.19. The highest BCUT2D eigenvalue weighted by Crippen LogP contribution is 2.22. The van der Waals surface area contributed by atoms with Crippen molar-refractivity contribution in [3.05, 3.63) is 35.2 Å². The maximum atomic E-state index is 9.69. The molecule has 0 saturated carbocycles. The van der Waals surface area contributed by atoms with Crippen LogP contribution in [0.15, 0.2) is 18.2 Å². The molecule has 5 nitrogen and oxygen atoms in total. The molecule has 5 heteroatoms. The molecule has 0 fully saturated rings. The predicted octanol–water partition coefficient (Wildman–Crippen LogP) is 1.77. The van der Waals surface area contributed by atoms with Gasteiger partial charge in [0.1, 0.15) is 11.6 Å². The fourth-order valence-corrected chi connectivity index (χ4v) is 1.90. The lowest BCUT2D eigenvalue weighted by molar-refractivity contribution is 0.470. The van der Waals surface area contributed by atoms with E-state index in [9.17, 15) is 5.11 Å². The van der Waals surface area contributed by atoms with Crippen molar-refractivity contribution >= 4 is 5.95 Å². The molecule has 1 aromatic heterocycles. The van der Waals surface area contributed by atoms with Crippen LogP contribution in [0, 0.1) is 13.8 Å². The number of anilines is 1. The maximum absolute atomic E-state index is 9.69. The summed E-state index contributed by atoms with van der Waals surface area (Å²) in [5, 5.41) is 17.9. The molecule has 18 heavy (non-hydrogen) atoms. The normalized spacial score (nSPS) is 10.7. The van der Waals surface area contributed by atoms with Gasteiger partial charge in [-0.3, -0.25) is 0 Å². The molecule has 2 rings (SSSR count). The molecule has 0 bridgehead atoms. The average Bonchev–Trinajstić information content (AvgIpc) is 2.66. The Morgan fingerprint density at radius 2 is 2.00 bits per heavy atom. The van der Waals surface area contributed by atoms with Gasteiger partial charge in [0.15, 0.2) is 0 Å². The Labute approximate surface area is 107 Å². The number of hydrogen-bond donors (Lipinski definition) is 1. The summed E-state index contributed by atoms with van der Waals surface area (Å²) in [4.78, 5) is 2.02. The minimum Gasteiger partial charge on any atom is -0.508 e. The smallest absolute Gasteiger partial charge is 0.227 e. The molecular weight excluding hydrogens is 228 g/mol. The van der Waals surface area contributed by atoms with Gasteiger partial charge in [0.05, 0.1) is 0 Å². The van der Waals surface area contributed by atoms with Crippen LogP contribution in [0.2, 0.25) is 0 Å². The van der Waals surface area contributed by atoms with E-state index < -0.39 is 0 Å². The van der Waals surface area contributed by atoms with Crippen molar-refractivity contribution in [1.82, 2.24) is 14.8 Å². The van der Waals surface area contributed by atoms with Crippen LogP contribution in [0.25, 0.3) is 0 Å². The number of phenols is 1. The lowest BCUT2D eigenvalue weighted by Crippen LogP contribution is -2.20. The standard InChI is InChI=1S/C13H18N4O/c1-9-11(6-5-7-12(9)18)8-16(3)13-15-14-10(2)17(13)4/h5-7,18H,8H2,1-4H3. The Hall–Kier alpha value is -2.04.